The standard InChI is InChI=1S/C19H20F3N5O4S2/c1-26(2)7-8-31-16(28)11-27-14(10-15(24-27)19(20,21)22)18-23-17(25-32-18)12-5-4-6-13(9-12)33(3,29)30/h4-6,9-10H,7-8,11H2,1-3H3. The van der Waals surface area contributed by atoms with Crippen LogP contribution in [0.5, 0.6) is 0 Å². The van der Waals surface area contributed by atoms with E-state index < -0.39 is 34.2 Å². The first kappa shape index (κ1) is 24.8. The Kier molecular flexibility index (Phi) is 7.19. The molecule has 0 aliphatic rings. The third kappa shape index (κ3) is 6.36. The molecule has 0 spiro atoms. The van der Waals surface area contributed by atoms with E-state index in [1.54, 1.807) is 25.1 Å². The Morgan fingerprint density at radius 1 is 1.24 bits per heavy atom. The molecular formula is C19H20F3N5O4S2. The predicted molar refractivity (Wildman–Crippen MR) is 114 cm³/mol. The molecule has 1 aromatic carbocycles. The molecule has 0 atom stereocenters. The summed E-state index contributed by atoms with van der Waals surface area (Å²) in [4.78, 5) is 18.2. The fraction of sp³-hybridized carbons (Fsp3) is 0.368. The number of alkyl halides is 3. The molecule has 0 saturated heterocycles. The summed E-state index contributed by atoms with van der Waals surface area (Å²) in [5.41, 5.74) is -0.866. The molecule has 2 heterocycles. The maximum Gasteiger partial charge on any atom is 0.435 e. The number of ether oxygens (including phenoxy) is 1. The van der Waals surface area contributed by atoms with E-state index in [9.17, 15) is 26.4 Å². The number of nitrogens with zero attached hydrogens (tertiary/aromatic N) is 5. The lowest BCUT2D eigenvalue weighted by atomic mass is 10.2. The fourth-order valence-corrected chi connectivity index (χ4v) is 4.04. The Bertz CT molecular complexity index is 1250. The molecule has 0 amide bonds. The highest BCUT2D eigenvalue weighted by molar-refractivity contribution is 7.90. The topological polar surface area (TPSA) is 107 Å². The van der Waals surface area contributed by atoms with E-state index in [1.807, 2.05) is 0 Å². The average molecular weight is 504 g/mol. The molecule has 0 N–H and O–H groups in total. The summed E-state index contributed by atoms with van der Waals surface area (Å²) in [5.74, 6) is -0.615. The SMILES string of the molecule is CN(C)CCOC(=O)Cn1nc(C(F)(F)F)cc1-c1nc(-c2cccc(S(C)(=O)=O)c2)ns1. The Labute approximate surface area is 191 Å². The number of sulfone groups is 1. The summed E-state index contributed by atoms with van der Waals surface area (Å²) in [6, 6.07) is 6.67. The van der Waals surface area contributed by atoms with Gasteiger partial charge < -0.3 is 9.64 Å². The summed E-state index contributed by atoms with van der Waals surface area (Å²) in [6.07, 6.45) is -3.67. The number of likely N-dealkylation sites (N-methyl/N-ethyl adjacent to an activating group) is 1. The van der Waals surface area contributed by atoms with E-state index in [4.69, 9.17) is 4.74 Å². The van der Waals surface area contributed by atoms with Gasteiger partial charge in [-0.2, -0.15) is 22.6 Å². The second kappa shape index (κ2) is 9.57. The van der Waals surface area contributed by atoms with E-state index >= 15 is 0 Å². The zero-order valence-electron chi connectivity index (χ0n) is 17.8. The van der Waals surface area contributed by atoms with Gasteiger partial charge in [0.05, 0.1) is 10.6 Å². The highest BCUT2D eigenvalue weighted by Crippen LogP contribution is 2.33. The number of hydrogen-bond acceptors (Lipinski definition) is 9. The third-order valence-corrected chi connectivity index (χ3v) is 6.16. The number of hydrogen-bond donors (Lipinski definition) is 0. The second-order valence-corrected chi connectivity index (χ2v) is 10.1. The van der Waals surface area contributed by atoms with E-state index in [0.29, 0.717) is 12.1 Å². The number of rotatable bonds is 8. The van der Waals surface area contributed by atoms with Crippen LogP contribution in [0.3, 0.4) is 0 Å². The molecule has 33 heavy (non-hydrogen) atoms. The molecule has 3 aromatic rings. The second-order valence-electron chi connectivity index (χ2n) is 7.32. The highest BCUT2D eigenvalue weighted by Gasteiger charge is 2.36. The van der Waals surface area contributed by atoms with Gasteiger partial charge in [-0.25, -0.2) is 13.4 Å². The number of esters is 1. The number of aromatic nitrogens is 4. The Morgan fingerprint density at radius 2 is 1.97 bits per heavy atom. The first-order valence-corrected chi connectivity index (χ1v) is 12.1. The lowest BCUT2D eigenvalue weighted by Gasteiger charge is -2.10. The Hall–Kier alpha value is -2.84. The summed E-state index contributed by atoms with van der Waals surface area (Å²) < 4.78 is 73.5. The van der Waals surface area contributed by atoms with Gasteiger partial charge >= 0.3 is 12.1 Å². The molecule has 3 rings (SSSR count). The van der Waals surface area contributed by atoms with Crippen LogP contribution in [0.2, 0.25) is 0 Å². The van der Waals surface area contributed by atoms with Crippen LogP contribution in [0.4, 0.5) is 13.2 Å². The first-order chi connectivity index (χ1) is 15.3. The maximum absolute atomic E-state index is 13.3. The molecular weight excluding hydrogens is 483 g/mol. The summed E-state index contributed by atoms with van der Waals surface area (Å²) in [6.45, 7) is -0.0106. The minimum absolute atomic E-state index is 0.0567. The molecule has 0 aliphatic carbocycles. The van der Waals surface area contributed by atoms with Crippen molar-refractivity contribution in [1.82, 2.24) is 24.0 Å². The van der Waals surface area contributed by atoms with Gasteiger partial charge in [-0.3, -0.25) is 9.48 Å². The zero-order chi connectivity index (χ0) is 24.4. The number of carbonyl (C=O) groups excluding carboxylic acids is 1. The molecule has 14 heteroatoms. The van der Waals surface area contributed by atoms with Gasteiger partial charge in [0.15, 0.2) is 26.4 Å². The van der Waals surface area contributed by atoms with Crippen LogP contribution in [-0.4, -0.2) is 71.9 Å². The van der Waals surface area contributed by atoms with Crippen LogP contribution in [0.15, 0.2) is 35.2 Å². The van der Waals surface area contributed by atoms with Crippen molar-refractivity contribution in [2.45, 2.75) is 17.6 Å². The average Bonchev–Trinajstić information content (AvgIpc) is 3.34. The molecule has 0 saturated carbocycles. The van der Waals surface area contributed by atoms with Crippen molar-refractivity contribution in [1.29, 1.82) is 0 Å². The molecule has 0 radical (unpaired) electrons. The van der Waals surface area contributed by atoms with Gasteiger partial charge in [0.2, 0.25) is 0 Å². The van der Waals surface area contributed by atoms with E-state index in [0.717, 1.165) is 28.5 Å². The van der Waals surface area contributed by atoms with Crippen LogP contribution in [-0.2, 0) is 32.1 Å². The van der Waals surface area contributed by atoms with E-state index in [2.05, 4.69) is 14.5 Å². The molecule has 9 nitrogen and oxygen atoms in total. The lowest BCUT2D eigenvalue weighted by Crippen LogP contribution is -2.22. The minimum Gasteiger partial charge on any atom is -0.463 e. The number of carbonyl (C=O) groups is 1. The largest absolute Gasteiger partial charge is 0.463 e. The van der Waals surface area contributed by atoms with E-state index in [1.165, 1.54) is 18.2 Å². The molecule has 0 bridgehead atoms. The van der Waals surface area contributed by atoms with Crippen molar-refractivity contribution in [2.75, 3.05) is 33.5 Å². The normalized spacial score (nSPS) is 12.3. The van der Waals surface area contributed by atoms with Crippen LogP contribution in [0, 0.1) is 0 Å². The molecule has 0 unspecified atom stereocenters. The number of halogens is 3. The number of benzene rings is 1. The van der Waals surface area contributed by atoms with Crippen LogP contribution < -0.4 is 0 Å². The van der Waals surface area contributed by atoms with Crippen molar-refractivity contribution in [3.63, 3.8) is 0 Å². The van der Waals surface area contributed by atoms with Gasteiger partial charge in [0, 0.05) is 18.4 Å². The Balaban J connectivity index is 1.92. The summed E-state index contributed by atoms with van der Waals surface area (Å²) in [5, 5.41) is 3.59. The van der Waals surface area contributed by atoms with Crippen molar-refractivity contribution in [3.8, 4) is 22.1 Å². The van der Waals surface area contributed by atoms with Gasteiger partial charge in [-0.1, -0.05) is 12.1 Å². The smallest absolute Gasteiger partial charge is 0.435 e. The molecule has 0 fully saturated rings. The molecule has 2 aromatic heterocycles. The third-order valence-electron chi connectivity index (χ3n) is 4.32. The zero-order valence-corrected chi connectivity index (χ0v) is 19.5. The van der Waals surface area contributed by atoms with Crippen molar-refractivity contribution >= 4 is 27.3 Å². The van der Waals surface area contributed by atoms with Crippen LogP contribution in [0.25, 0.3) is 22.1 Å². The molecule has 178 valence electrons. The first-order valence-electron chi connectivity index (χ1n) is 9.44. The van der Waals surface area contributed by atoms with Crippen molar-refractivity contribution in [3.05, 3.63) is 36.0 Å². The van der Waals surface area contributed by atoms with Gasteiger partial charge in [0.25, 0.3) is 0 Å². The minimum atomic E-state index is -4.73. The fourth-order valence-electron chi connectivity index (χ4n) is 2.67. The van der Waals surface area contributed by atoms with Crippen LogP contribution in [0.1, 0.15) is 5.69 Å². The van der Waals surface area contributed by atoms with Gasteiger partial charge in [0.1, 0.15) is 13.2 Å². The van der Waals surface area contributed by atoms with Gasteiger partial charge in [-0.05, 0) is 43.8 Å². The lowest BCUT2D eigenvalue weighted by molar-refractivity contribution is -0.146. The molecule has 0 aliphatic heterocycles. The monoisotopic (exact) mass is 503 g/mol. The summed E-state index contributed by atoms with van der Waals surface area (Å²) in [7, 11) is 0.100. The van der Waals surface area contributed by atoms with Gasteiger partial charge in [-0.15, -0.1) is 0 Å². The van der Waals surface area contributed by atoms with E-state index in [-0.39, 0.29) is 28.0 Å². The maximum atomic E-state index is 13.3. The van der Waals surface area contributed by atoms with Crippen molar-refractivity contribution < 1.29 is 31.1 Å². The predicted octanol–water partition coefficient (Wildman–Crippen LogP) is 2.60. The quantitative estimate of drug-likeness (QED) is 0.432. The van der Waals surface area contributed by atoms with Crippen LogP contribution >= 0.6 is 11.5 Å². The van der Waals surface area contributed by atoms with Crippen molar-refractivity contribution in [2.24, 2.45) is 0 Å². The Morgan fingerprint density at radius 3 is 2.61 bits per heavy atom. The summed E-state index contributed by atoms with van der Waals surface area (Å²) >= 11 is 0.800. The highest BCUT2D eigenvalue weighted by atomic mass is 32.2.